The van der Waals surface area contributed by atoms with Gasteiger partial charge >= 0.3 is 0 Å². The Morgan fingerprint density at radius 2 is 0.831 bits per heavy atom. The Labute approximate surface area is 490 Å². The number of aldehydes is 1. The van der Waals surface area contributed by atoms with Crippen molar-refractivity contribution in [1.29, 1.82) is 0 Å². The Morgan fingerprint density at radius 1 is 0.506 bits per heavy atom. The van der Waals surface area contributed by atoms with Gasteiger partial charge in [-0.25, -0.2) is 0 Å². The molecule has 3 heterocycles. The summed E-state index contributed by atoms with van der Waals surface area (Å²) in [5.41, 5.74) is 9.59. The fourth-order valence-corrected chi connectivity index (χ4v) is 12.7. The normalized spacial score (nSPS) is 34.3. The van der Waals surface area contributed by atoms with Gasteiger partial charge in [-0.3, -0.25) is 4.79 Å². The molecule has 0 bridgehead atoms. The second-order valence-corrected chi connectivity index (χ2v) is 41.7. The highest BCUT2D eigenvalue weighted by molar-refractivity contribution is 14.1. The van der Waals surface area contributed by atoms with Crippen LogP contribution in [0.25, 0.3) is 0 Å². The number of terminal acetylenes is 1. The van der Waals surface area contributed by atoms with E-state index in [-0.39, 0.29) is 25.4 Å². The standard InChI is InChI=1S/C17H30O2Si.C16H28O2Si.C14H22O2.C10H20O2.C6H10OSi.CH3I/c1-14-6-8-15(9-7-14)16-12-18-17(2,19-13-16)10-11-20(3,4)5;1-13-5-7-14(8-6-13)15-11-17-16(18-12-15)9-10-19(2,3)4;1-4-14(3)15-9-13(10-16-14)12-7-5-11(2)6-8-12;1-8-2-4-9(5-3-8)10(6-11)7-12;1-8(2,3)6-4-5-7;1-2/h14-16H,6-9,12-13H2,1-5H3;13-16H,5-8,11-12H2,1-4H3;1,11-13H,5-10H2,2-3H3;8-12H,2-7H2,1H3;5H,1-3H3;1H3. The summed E-state index contributed by atoms with van der Waals surface area (Å²) in [6.07, 6.45) is 26.9. The molecule has 0 spiro atoms. The Kier molecular flexibility index (Phi) is 34.2. The monoisotopic (exact) mass is 1240 g/mol. The number of carbonyl (C=O) groups excluding carboxylic acids is 1. The van der Waals surface area contributed by atoms with E-state index < -0.39 is 35.8 Å². The first kappa shape index (κ1) is 72.1. The van der Waals surface area contributed by atoms with E-state index in [0.717, 1.165) is 81.1 Å². The van der Waals surface area contributed by atoms with Crippen molar-refractivity contribution in [2.45, 2.75) is 221 Å². The van der Waals surface area contributed by atoms with Gasteiger partial charge in [-0.2, -0.15) is 0 Å². The summed E-state index contributed by atoms with van der Waals surface area (Å²) in [6, 6.07) is 0. The van der Waals surface area contributed by atoms with Crippen molar-refractivity contribution < 1.29 is 43.4 Å². The molecule has 0 aromatic carbocycles. The zero-order valence-electron chi connectivity index (χ0n) is 51.8. The average molecular weight is 1240 g/mol. The van der Waals surface area contributed by atoms with Crippen LogP contribution in [0, 0.1) is 118 Å². The zero-order valence-corrected chi connectivity index (χ0v) is 56.9. The highest BCUT2D eigenvalue weighted by atomic mass is 127. The van der Waals surface area contributed by atoms with Gasteiger partial charge < -0.3 is 38.6 Å². The topological polar surface area (TPSA) is 113 Å². The van der Waals surface area contributed by atoms with Crippen LogP contribution in [0.2, 0.25) is 58.9 Å². The van der Waals surface area contributed by atoms with E-state index in [2.05, 4.69) is 150 Å². The van der Waals surface area contributed by atoms with Crippen molar-refractivity contribution in [2.75, 3.05) is 57.8 Å². The molecule has 0 aromatic heterocycles. The number of alkyl halides is 1. The summed E-state index contributed by atoms with van der Waals surface area (Å²) < 4.78 is 34.8. The summed E-state index contributed by atoms with van der Waals surface area (Å²) in [5.74, 6) is 18.3. The van der Waals surface area contributed by atoms with Gasteiger partial charge in [0.15, 0.2) is 6.29 Å². The van der Waals surface area contributed by atoms with Crippen LogP contribution in [0.15, 0.2) is 0 Å². The molecule has 442 valence electrons. The molecule has 77 heavy (non-hydrogen) atoms. The largest absolute Gasteiger partial charge is 0.396 e. The maximum Gasteiger partial charge on any atom is 0.230 e. The summed E-state index contributed by atoms with van der Waals surface area (Å²) in [5, 5.41) is 18.0. The van der Waals surface area contributed by atoms with E-state index in [1.807, 2.05) is 18.8 Å². The molecule has 0 unspecified atom stereocenters. The van der Waals surface area contributed by atoms with Crippen molar-refractivity contribution in [2.24, 2.45) is 71.0 Å². The first-order valence-electron chi connectivity index (χ1n) is 30.1. The summed E-state index contributed by atoms with van der Waals surface area (Å²) in [7, 11) is -3.96. The number of ether oxygens (including phenoxy) is 6. The number of halogens is 1. The van der Waals surface area contributed by atoms with Crippen molar-refractivity contribution >= 4 is 53.1 Å². The predicted molar refractivity (Wildman–Crippen MR) is 337 cm³/mol. The Morgan fingerprint density at radius 3 is 1.13 bits per heavy atom. The molecule has 7 fully saturated rings. The smallest absolute Gasteiger partial charge is 0.230 e. The van der Waals surface area contributed by atoms with Crippen LogP contribution < -0.4 is 0 Å². The van der Waals surface area contributed by atoms with Crippen LogP contribution in [0.5, 0.6) is 0 Å². The van der Waals surface area contributed by atoms with E-state index in [1.54, 1.807) is 0 Å². The van der Waals surface area contributed by atoms with Crippen molar-refractivity contribution in [3.05, 3.63) is 0 Å². The molecule has 0 amide bonds. The van der Waals surface area contributed by atoms with Crippen LogP contribution in [0.1, 0.15) is 144 Å². The summed E-state index contributed by atoms with van der Waals surface area (Å²) in [4.78, 5) is 11.7. The molecule has 7 rings (SSSR count). The Hall–Kier alpha value is -1.03. The van der Waals surface area contributed by atoms with Gasteiger partial charge in [0.05, 0.1) is 39.6 Å². The van der Waals surface area contributed by atoms with Crippen molar-refractivity contribution in [3.63, 3.8) is 0 Å². The lowest BCUT2D eigenvalue weighted by Crippen LogP contribution is -2.44. The van der Waals surface area contributed by atoms with Crippen LogP contribution in [-0.2, 0) is 33.2 Å². The summed E-state index contributed by atoms with van der Waals surface area (Å²) >= 11 is 2.15. The number of aliphatic hydroxyl groups excluding tert-OH is 2. The van der Waals surface area contributed by atoms with Gasteiger partial charge in [0, 0.05) is 50.7 Å². The van der Waals surface area contributed by atoms with E-state index >= 15 is 0 Å². The van der Waals surface area contributed by atoms with Crippen LogP contribution >= 0.6 is 22.6 Å². The molecule has 2 N–H and O–H groups in total. The van der Waals surface area contributed by atoms with Gasteiger partial charge in [0.1, 0.15) is 24.2 Å². The first-order chi connectivity index (χ1) is 36.2. The lowest BCUT2D eigenvalue weighted by atomic mass is 9.76. The molecule has 9 nitrogen and oxygen atoms in total. The fraction of sp³-hybridized carbons (Fsp3) is 0.859. The molecule has 3 saturated heterocycles. The molecule has 13 heteroatoms. The van der Waals surface area contributed by atoms with Gasteiger partial charge in [-0.05, 0) is 127 Å². The third kappa shape index (κ3) is 30.7. The molecule has 0 aromatic rings. The molecule has 0 radical (unpaired) electrons. The minimum absolute atomic E-state index is 0.137. The van der Waals surface area contributed by atoms with E-state index in [1.165, 1.54) is 103 Å². The maximum atomic E-state index is 9.70. The Balaban J connectivity index is 0.000000336. The maximum absolute atomic E-state index is 9.70. The number of aliphatic hydroxyl groups is 2. The van der Waals surface area contributed by atoms with Crippen LogP contribution in [0.4, 0.5) is 0 Å². The van der Waals surface area contributed by atoms with E-state index in [4.69, 9.17) is 45.1 Å². The molecule has 3 aliphatic heterocycles. The molecule has 7 aliphatic rings. The second-order valence-electron chi connectivity index (χ2n) is 27.4. The minimum atomic E-state index is -1.37. The van der Waals surface area contributed by atoms with Crippen molar-refractivity contribution in [1.82, 2.24) is 0 Å². The van der Waals surface area contributed by atoms with Crippen LogP contribution in [-0.4, -0.2) is 116 Å². The van der Waals surface area contributed by atoms with Gasteiger partial charge in [0.2, 0.25) is 17.9 Å². The van der Waals surface area contributed by atoms with Gasteiger partial charge in [0.25, 0.3) is 0 Å². The van der Waals surface area contributed by atoms with Crippen LogP contribution in [0.3, 0.4) is 0 Å². The average Bonchev–Trinajstić information content (AvgIpc) is 3.40. The molecule has 4 aliphatic carbocycles. The number of hydrogen-bond acceptors (Lipinski definition) is 9. The molecular weight excluding hydrogens is 1120 g/mol. The third-order valence-electron chi connectivity index (χ3n) is 16.6. The highest BCUT2D eigenvalue weighted by Crippen LogP contribution is 2.39. The fourth-order valence-electron chi connectivity index (χ4n) is 11.0. The lowest BCUT2D eigenvalue weighted by molar-refractivity contribution is -0.246. The SMILES string of the molecule is C#CC1(C)OCC(C2CCC(C)CC2)CO1.CC1CCC(C(CO)CO)CC1.CC1CCC(C2COC(C#C[Si](C)(C)C)OC2)CC1.CC1CCC(C2COC(C)(C#C[Si](C)(C)C)OC2)CC1.CI.C[Si](C)(C)C#CC=O. The van der Waals surface area contributed by atoms with E-state index in [9.17, 15) is 4.79 Å². The highest BCUT2D eigenvalue weighted by Gasteiger charge is 2.38. The number of carbonyl (C=O) groups is 1. The number of hydrogen-bond donors (Lipinski definition) is 2. The summed E-state index contributed by atoms with van der Waals surface area (Å²) in [6.45, 7) is 38.1. The molecule has 0 atom stereocenters. The zero-order chi connectivity index (χ0) is 57.9. The molecular formula is C64H113IO9Si3. The Bertz CT molecular complexity index is 1830. The van der Waals surface area contributed by atoms with Gasteiger partial charge in [-0.15, -0.1) is 23.1 Å². The minimum Gasteiger partial charge on any atom is -0.396 e. The van der Waals surface area contributed by atoms with E-state index in [0.29, 0.717) is 30.0 Å². The number of rotatable bonds is 6. The lowest BCUT2D eigenvalue weighted by Gasteiger charge is -2.39. The third-order valence-corrected chi connectivity index (χ3v) is 19.3. The second kappa shape index (κ2) is 36.5. The first-order valence-corrected chi connectivity index (χ1v) is 42.7. The van der Waals surface area contributed by atoms with Gasteiger partial charge in [-0.1, -0.05) is 161 Å². The van der Waals surface area contributed by atoms with Crippen molar-refractivity contribution in [3.8, 4) is 46.7 Å². The predicted octanol–water partition coefficient (Wildman–Crippen LogP) is 14.1. The molecule has 4 saturated carbocycles. The quantitative estimate of drug-likeness (QED) is 0.0883.